The van der Waals surface area contributed by atoms with E-state index in [9.17, 15) is 9.18 Å². The maximum absolute atomic E-state index is 13.3. The molecule has 0 amide bonds. The average Bonchev–Trinajstić information content (AvgIpc) is 2.86. The SMILES string of the molecule is CCCc1nnsc1C(=O)c1cc(F)ccc1OC. The van der Waals surface area contributed by atoms with E-state index < -0.39 is 5.82 Å². The molecule has 0 fully saturated rings. The van der Waals surface area contributed by atoms with Gasteiger partial charge in [-0.15, -0.1) is 5.10 Å². The molecule has 0 aliphatic heterocycles. The first-order valence-corrected chi connectivity index (χ1v) is 6.64. The highest BCUT2D eigenvalue weighted by molar-refractivity contribution is 7.08. The Morgan fingerprint density at radius 2 is 2.26 bits per heavy atom. The lowest BCUT2D eigenvalue weighted by Gasteiger charge is -2.07. The molecule has 1 aromatic carbocycles. The predicted molar refractivity (Wildman–Crippen MR) is 70.3 cm³/mol. The van der Waals surface area contributed by atoms with Crippen molar-refractivity contribution in [3.8, 4) is 5.75 Å². The van der Waals surface area contributed by atoms with Crippen LogP contribution in [0.2, 0.25) is 0 Å². The number of ether oxygens (including phenoxy) is 1. The summed E-state index contributed by atoms with van der Waals surface area (Å²) in [5.41, 5.74) is 0.856. The standard InChI is InChI=1S/C13H13FN2O2S/c1-3-4-10-13(19-16-15-10)12(17)9-7-8(14)5-6-11(9)18-2/h5-7H,3-4H2,1-2H3. The van der Waals surface area contributed by atoms with E-state index in [1.165, 1.54) is 25.3 Å². The zero-order valence-electron chi connectivity index (χ0n) is 10.6. The minimum Gasteiger partial charge on any atom is -0.496 e. The van der Waals surface area contributed by atoms with Crippen molar-refractivity contribution in [2.75, 3.05) is 7.11 Å². The maximum Gasteiger partial charge on any atom is 0.210 e. The summed E-state index contributed by atoms with van der Waals surface area (Å²) in [5, 5.41) is 3.94. The zero-order valence-corrected chi connectivity index (χ0v) is 11.5. The van der Waals surface area contributed by atoms with Crippen LogP contribution in [-0.2, 0) is 6.42 Å². The Morgan fingerprint density at radius 1 is 1.47 bits per heavy atom. The summed E-state index contributed by atoms with van der Waals surface area (Å²) >= 11 is 1.03. The molecule has 0 atom stereocenters. The number of carbonyl (C=O) groups is 1. The molecule has 0 N–H and O–H groups in total. The first kappa shape index (κ1) is 13.6. The van der Waals surface area contributed by atoms with Crippen molar-refractivity contribution < 1.29 is 13.9 Å². The van der Waals surface area contributed by atoms with Crippen LogP contribution in [0.4, 0.5) is 4.39 Å². The molecule has 0 radical (unpaired) electrons. The highest BCUT2D eigenvalue weighted by Crippen LogP contribution is 2.25. The molecule has 0 saturated carbocycles. The van der Waals surface area contributed by atoms with Crippen LogP contribution in [0.15, 0.2) is 18.2 Å². The van der Waals surface area contributed by atoms with E-state index in [0.29, 0.717) is 22.7 Å². The number of halogens is 1. The molecule has 0 spiro atoms. The van der Waals surface area contributed by atoms with Crippen LogP contribution in [0.5, 0.6) is 5.75 Å². The lowest BCUT2D eigenvalue weighted by Crippen LogP contribution is -2.05. The third-order valence-corrected chi connectivity index (χ3v) is 3.42. The summed E-state index contributed by atoms with van der Waals surface area (Å²) in [5.74, 6) is -0.421. The first-order valence-electron chi connectivity index (χ1n) is 5.86. The largest absolute Gasteiger partial charge is 0.496 e. The molecule has 100 valence electrons. The van der Waals surface area contributed by atoms with E-state index in [1.807, 2.05) is 6.92 Å². The number of ketones is 1. The van der Waals surface area contributed by atoms with Gasteiger partial charge in [0.25, 0.3) is 0 Å². The van der Waals surface area contributed by atoms with Crippen LogP contribution in [0.3, 0.4) is 0 Å². The molecule has 0 unspecified atom stereocenters. The highest BCUT2D eigenvalue weighted by Gasteiger charge is 2.21. The second-order valence-electron chi connectivity index (χ2n) is 3.97. The second kappa shape index (κ2) is 5.88. The number of rotatable bonds is 5. The highest BCUT2D eigenvalue weighted by atomic mass is 32.1. The number of hydrogen-bond acceptors (Lipinski definition) is 5. The van der Waals surface area contributed by atoms with Crippen LogP contribution in [0, 0.1) is 5.82 Å². The summed E-state index contributed by atoms with van der Waals surface area (Å²) in [6.45, 7) is 2.00. The minimum absolute atomic E-state index is 0.200. The van der Waals surface area contributed by atoms with Gasteiger partial charge in [-0.3, -0.25) is 4.79 Å². The van der Waals surface area contributed by atoms with Crippen LogP contribution in [0.25, 0.3) is 0 Å². The van der Waals surface area contributed by atoms with Crippen molar-refractivity contribution in [3.63, 3.8) is 0 Å². The van der Waals surface area contributed by atoms with E-state index in [-0.39, 0.29) is 11.3 Å². The summed E-state index contributed by atoms with van der Waals surface area (Å²) in [6.07, 6.45) is 1.54. The lowest BCUT2D eigenvalue weighted by molar-refractivity contribution is 0.103. The van der Waals surface area contributed by atoms with E-state index in [1.54, 1.807) is 0 Å². The van der Waals surface area contributed by atoms with E-state index in [2.05, 4.69) is 9.59 Å². The van der Waals surface area contributed by atoms with Gasteiger partial charge in [0.05, 0.1) is 18.4 Å². The van der Waals surface area contributed by atoms with Gasteiger partial charge >= 0.3 is 0 Å². The van der Waals surface area contributed by atoms with Gasteiger partial charge in [0.1, 0.15) is 16.4 Å². The van der Waals surface area contributed by atoms with Crippen LogP contribution >= 0.6 is 11.5 Å². The van der Waals surface area contributed by atoms with Crippen molar-refractivity contribution in [2.45, 2.75) is 19.8 Å². The molecule has 0 saturated heterocycles. The normalized spacial score (nSPS) is 10.5. The number of nitrogens with zero attached hydrogens (tertiary/aromatic N) is 2. The van der Waals surface area contributed by atoms with Gasteiger partial charge in [-0.25, -0.2) is 4.39 Å². The molecular formula is C13H13FN2O2S. The van der Waals surface area contributed by atoms with Crippen molar-refractivity contribution in [2.24, 2.45) is 0 Å². The molecule has 6 heteroatoms. The van der Waals surface area contributed by atoms with Gasteiger partial charge in [-0.2, -0.15) is 0 Å². The van der Waals surface area contributed by atoms with Crippen molar-refractivity contribution in [1.82, 2.24) is 9.59 Å². The number of carbonyl (C=O) groups excluding carboxylic acids is 1. The number of aromatic nitrogens is 2. The maximum atomic E-state index is 13.3. The smallest absolute Gasteiger partial charge is 0.210 e. The summed E-state index contributed by atoms with van der Waals surface area (Å²) in [7, 11) is 1.45. The fourth-order valence-electron chi connectivity index (χ4n) is 1.76. The molecule has 0 aliphatic rings. The molecule has 1 aromatic heterocycles. The van der Waals surface area contributed by atoms with Gasteiger partial charge < -0.3 is 4.74 Å². The molecular weight excluding hydrogens is 267 g/mol. The summed E-state index contributed by atoms with van der Waals surface area (Å²) in [6, 6.07) is 3.88. The third-order valence-electron chi connectivity index (χ3n) is 2.65. The second-order valence-corrected chi connectivity index (χ2v) is 4.73. The number of benzene rings is 1. The minimum atomic E-state index is -0.473. The van der Waals surface area contributed by atoms with Crippen LogP contribution in [0.1, 0.15) is 34.3 Å². The van der Waals surface area contributed by atoms with Crippen molar-refractivity contribution in [3.05, 3.63) is 40.2 Å². The van der Waals surface area contributed by atoms with Crippen LogP contribution < -0.4 is 4.74 Å². The molecule has 2 rings (SSSR count). The number of hydrogen-bond donors (Lipinski definition) is 0. The Morgan fingerprint density at radius 3 is 2.95 bits per heavy atom. The molecule has 0 aliphatic carbocycles. The topological polar surface area (TPSA) is 52.1 Å². The van der Waals surface area contributed by atoms with E-state index >= 15 is 0 Å². The van der Waals surface area contributed by atoms with Crippen molar-refractivity contribution in [1.29, 1.82) is 0 Å². The quantitative estimate of drug-likeness (QED) is 0.790. The first-order chi connectivity index (χ1) is 9.17. The fourth-order valence-corrected chi connectivity index (χ4v) is 2.42. The molecule has 0 bridgehead atoms. The van der Waals surface area contributed by atoms with Gasteiger partial charge in [-0.05, 0) is 36.2 Å². The average molecular weight is 280 g/mol. The van der Waals surface area contributed by atoms with Gasteiger partial charge in [0, 0.05) is 0 Å². The molecule has 4 nitrogen and oxygen atoms in total. The fraction of sp³-hybridized carbons (Fsp3) is 0.308. The molecule has 2 aromatic rings. The number of methoxy groups -OCH3 is 1. The Bertz CT molecular complexity index is 598. The zero-order chi connectivity index (χ0) is 13.8. The Hall–Kier alpha value is -1.82. The van der Waals surface area contributed by atoms with Gasteiger partial charge in [-0.1, -0.05) is 17.8 Å². The Balaban J connectivity index is 2.43. The molecule has 1 heterocycles. The van der Waals surface area contributed by atoms with Crippen molar-refractivity contribution >= 4 is 17.3 Å². The Kier molecular flexibility index (Phi) is 4.21. The predicted octanol–water partition coefficient (Wildman–Crippen LogP) is 2.87. The monoisotopic (exact) mass is 280 g/mol. The molecule has 19 heavy (non-hydrogen) atoms. The van der Waals surface area contributed by atoms with Gasteiger partial charge in [0.15, 0.2) is 0 Å². The summed E-state index contributed by atoms with van der Waals surface area (Å²) in [4.78, 5) is 12.9. The van der Waals surface area contributed by atoms with Gasteiger partial charge in [0.2, 0.25) is 5.78 Å². The third kappa shape index (κ3) is 2.78. The van der Waals surface area contributed by atoms with Crippen LogP contribution in [-0.4, -0.2) is 22.5 Å². The Labute approximate surface area is 114 Å². The number of aryl methyl sites for hydroxylation is 1. The van der Waals surface area contributed by atoms with E-state index in [4.69, 9.17) is 4.74 Å². The summed E-state index contributed by atoms with van der Waals surface area (Å²) < 4.78 is 22.2. The van der Waals surface area contributed by atoms with E-state index in [0.717, 1.165) is 18.0 Å². The lowest BCUT2D eigenvalue weighted by atomic mass is 10.1.